The molecule has 0 bridgehead atoms. The molecule has 108 valence electrons. The largest absolute Gasteiger partial charge is 0.113 e. The van der Waals surface area contributed by atoms with Crippen molar-refractivity contribution >= 4 is 30.0 Å². The molecule has 0 saturated carbocycles. The molecule has 2 heteroatoms. The van der Waals surface area contributed by atoms with Gasteiger partial charge in [0.25, 0.3) is 0 Å². The lowest BCUT2D eigenvalue weighted by molar-refractivity contribution is 1.62. The molecule has 0 saturated heterocycles. The maximum Gasteiger partial charge on any atom is 0.113 e. The van der Waals surface area contributed by atoms with Crippen LogP contribution < -0.4 is 10.4 Å². The monoisotopic (exact) mass is 320 g/mol. The minimum atomic E-state index is -1.66. The number of benzene rings is 3. The maximum atomic E-state index is 6.61. The summed E-state index contributed by atoms with van der Waals surface area (Å²) in [5.41, 5.74) is 5.17. The van der Waals surface area contributed by atoms with Crippen LogP contribution >= 0.6 is 11.6 Å². The van der Waals surface area contributed by atoms with Gasteiger partial charge in [0.2, 0.25) is 0 Å². The van der Waals surface area contributed by atoms with E-state index in [1.54, 1.807) is 0 Å². The Hall–Kier alpha value is -1.83. The second-order valence-electron chi connectivity index (χ2n) is 6.38. The second-order valence-corrected chi connectivity index (χ2v) is 11.1. The number of halogens is 1. The second kappa shape index (κ2) is 4.84. The highest BCUT2D eigenvalue weighted by Gasteiger charge is 2.39. The fourth-order valence-corrected chi connectivity index (χ4v) is 7.08. The molecule has 0 aliphatic carbocycles. The minimum Gasteiger partial charge on any atom is -0.0837 e. The normalized spacial score (nSPS) is 14.5. The third-order valence-electron chi connectivity index (χ3n) is 4.76. The van der Waals surface area contributed by atoms with Gasteiger partial charge in [-0.05, 0) is 33.1 Å². The molecule has 0 nitrogen and oxygen atoms in total. The third kappa shape index (κ3) is 1.82. The summed E-state index contributed by atoms with van der Waals surface area (Å²) in [6.07, 6.45) is 0. The zero-order valence-corrected chi connectivity index (χ0v) is 14.5. The Kier molecular flexibility index (Phi) is 3.03. The Morgan fingerprint density at radius 2 is 1.32 bits per heavy atom. The van der Waals surface area contributed by atoms with Gasteiger partial charge in [0.05, 0.1) is 0 Å². The number of fused-ring (bicyclic) bond motifs is 3. The molecule has 4 rings (SSSR count). The van der Waals surface area contributed by atoms with Crippen molar-refractivity contribution in [2.75, 3.05) is 0 Å². The number of hydrogen-bond acceptors (Lipinski definition) is 0. The molecule has 1 aliphatic rings. The van der Waals surface area contributed by atoms with Crippen LogP contribution in [0.1, 0.15) is 0 Å². The highest BCUT2D eigenvalue weighted by Crippen LogP contribution is 2.39. The highest BCUT2D eigenvalue weighted by molar-refractivity contribution is 7.04. The van der Waals surface area contributed by atoms with Crippen molar-refractivity contribution in [3.05, 3.63) is 71.8 Å². The fraction of sp³-hybridized carbons (Fsp3) is 0.100. The van der Waals surface area contributed by atoms with Gasteiger partial charge in [0, 0.05) is 10.6 Å². The van der Waals surface area contributed by atoms with Gasteiger partial charge in [-0.3, -0.25) is 0 Å². The van der Waals surface area contributed by atoms with Crippen molar-refractivity contribution in [2.45, 2.75) is 13.1 Å². The first-order valence-electron chi connectivity index (χ1n) is 7.59. The standard InChI is InChI=1S/C20H17ClSi/c1-22(2)17-12-6-10-15(14-8-4-3-5-9-14)19(17)20-16(21)11-7-13-18(20)22/h3-13H,1-2H3. The molecule has 0 N–H and O–H groups in total. The van der Waals surface area contributed by atoms with E-state index in [9.17, 15) is 0 Å². The zero-order valence-electron chi connectivity index (χ0n) is 12.7. The summed E-state index contributed by atoms with van der Waals surface area (Å²) in [6, 6.07) is 23.7. The van der Waals surface area contributed by atoms with E-state index in [4.69, 9.17) is 11.6 Å². The molecule has 0 amide bonds. The molecule has 0 unspecified atom stereocenters. The van der Waals surface area contributed by atoms with Crippen molar-refractivity contribution < 1.29 is 0 Å². The van der Waals surface area contributed by atoms with Crippen molar-refractivity contribution in [3.63, 3.8) is 0 Å². The van der Waals surface area contributed by atoms with Crippen LogP contribution in [0.5, 0.6) is 0 Å². The van der Waals surface area contributed by atoms with Gasteiger partial charge in [-0.25, -0.2) is 0 Å². The molecular weight excluding hydrogens is 304 g/mol. The summed E-state index contributed by atoms with van der Waals surface area (Å²) in [6.45, 7) is 4.84. The number of hydrogen-bond donors (Lipinski definition) is 0. The van der Waals surface area contributed by atoms with Crippen LogP contribution in [0.15, 0.2) is 66.7 Å². The first-order chi connectivity index (χ1) is 10.6. The summed E-state index contributed by atoms with van der Waals surface area (Å²) < 4.78 is 0. The van der Waals surface area contributed by atoms with Gasteiger partial charge >= 0.3 is 0 Å². The van der Waals surface area contributed by atoms with E-state index in [0.717, 1.165) is 5.02 Å². The lowest BCUT2D eigenvalue weighted by Gasteiger charge is -2.19. The van der Waals surface area contributed by atoms with Crippen LogP contribution in [0.2, 0.25) is 18.1 Å². The fourth-order valence-electron chi connectivity index (χ4n) is 3.64. The Bertz CT molecular complexity index is 866. The van der Waals surface area contributed by atoms with Crippen molar-refractivity contribution in [2.24, 2.45) is 0 Å². The van der Waals surface area contributed by atoms with Gasteiger partial charge in [-0.1, -0.05) is 85.4 Å². The average molecular weight is 321 g/mol. The average Bonchev–Trinajstić information content (AvgIpc) is 2.78. The summed E-state index contributed by atoms with van der Waals surface area (Å²) in [5, 5.41) is 3.83. The molecule has 3 aromatic rings. The lowest BCUT2D eigenvalue weighted by Crippen LogP contribution is -2.49. The molecule has 1 heterocycles. The van der Waals surface area contributed by atoms with Gasteiger partial charge < -0.3 is 0 Å². The van der Waals surface area contributed by atoms with E-state index >= 15 is 0 Å². The smallest absolute Gasteiger partial charge is 0.0837 e. The van der Waals surface area contributed by atoms with E-state index in [2.05, 4.69) is 73.8 Å². The SMILES string of the molecule is C[Si]1(C)c2cccc(Cl)c2-c2c(-c3ccccc3)cccc21. The summed E-state index contributed by atoms with van der Waals surface area (Å²) in [4.78, 5) is 0. The zero-order chi connectivity index (χ0) is 15.3. The molecule has 0 aromatic heterocycles. The molecule has 0 radical (unpaired) electrons. The summed E-state index contributed by atoms with van der Waals surface area (Å²) in [5.74, 6) is 0. The molecule has 0 atom stereocenters. The Labute approximate surface area is 137 Å². The lowest BCUT2D eigenvalue weighted by atomic mass is 9.95. The number of rotatable bonds is 1. The van der Waals surface area contributed by atoms with Crippen LogP contribution in [0.3, 0.4) is 0 Å². The predicted octanol–water partition coefficient (Wildman–Crippen LogP) is 4.81. The first-order valence-corrected chi connectivity index (χ1v) is 11.0. The molecule has 22 heavy (non-hydrogen) atoms. The van der Waals surface area contributed by atoms with E-state index in [1.807, 2.05) is 6.07 Å². The molecule has 0 fully saturated rings. The summed E-state index contributed by atoms with van der Waals surface area (Å²) in [7, 11) is -1.66. The van der Waals surface area contributed by atoms with Crippen LogP contribution in [-0.2, 0) is 0 Å². The first kappa shape index (κ1) is 13.8. The topological polar surface area (TPSA) is 0 Å². The molecule has 0 spiro atoms. The quantitative estimate of drug-likeness (QED) is 0.564. The van der Waals surface area contributed by atoms with Gasteiger partial charge in [0.15, 0.2) is 0 Å². The Balaban J connectivity index is 2.11. The maximum absolute atomic E-state index is 6.61. The van der Waals surface area contributed by atoms with Crippen LogP contribution in [0.25, 0.3) is 22.3 Å². The van der Waals surface area contributed by atoms with Crippen LogP contribution in [0, 0.1) is 0 Å². The van der Waals surface area contributed by atoms with E-state index in [-0.39, 0.29) is 0 Å². The van der Waals surface area contributed by atoms with E-state index in [1.165, 1.54) is 32.6 Å². The van der Waals surface area contributed by atoms with Crippen LogP contribution in [0.4, 0.5) is 0 Å². The molecule has 3 aromatic carbocycles. The van der Waals surface area contributed by atoms with Crippen molar-refractivity contribution in [3.8, 4) is 22.3 Å². The molecule has 1 aliphatic heterocycles. The Morgan fingerprint density at radius 1 is 0.682 bits per heavy atom. The van der Waals surface area contributed by atoms with E-state index in [0.29, 0.717) is 0 Å². The third-order valence-corrected chi connectivity index (χ3v) is 8.60. The molecular formula is C20H17ClSi. The van der Waals surface area contributed by atoms with Crippen LogP contribution in [-0.4, -0.2) is 8.07 Å². The predicted molar refractivity (Wildman–Crippen MR) is 99.1 cm³/mol. The minimum absolute atomic E-state index is 0.875. The van der Waals surface area contributed by atoms with Gasteiger partial charge in [-0.15, -0.1) is 0 Å². The summed E-state index contributed by atoms with van der Waals surface area (Å²) >= 11 is 6.61. The van der Waals surface area contributed by atoms with E-state index < -0.39 is 8.07 Å². The van der Waals surface area contributed by atoms with Crippen molar-refractivity contribution in [1.29, 1.82) is 0 Å². The van der Waals surface area contributed by atoms with Gasteiger partial charge in [-0.2, -0.15) is 0 Å². The van der Waals surface area contributed by atoms with Gasteiger partial charge in [0.1, 0.15) is 8.07 Å². The highest BCUT2D eigenvalue weighted by atomic mass is 35.5. The van der Waals surface area contributed by atoms with Crippen molar-refractivity contribution in [1.82, 2.24) is 0 Å². The Morgan fingerprint density at radius 3 is 2.05 bits per heavy atom.